The van der Waals surface area contributed by atoms with Crippen molar-refractivity contribution < 1.29 is 33.4 Å². The molecule has 0 spiro atoms. The van der Waals surface area contributed by atoms with E-state index in [1.165, 1.54) is 35.1 Å². The van der Waals surface area contributed by atoms with Crippen LogP contribution in [0.3, 0.4) is 0 Å². The number of imide groups is 1. The number of amides is 3. The van der Waals surface area contributed by atoms with Crippen molar-refractivity contribution in [3.05, 3.63) is 34.9 Å². The van der Waals surface area contributed by atoms with Crippen molar-refractivity contribution in [1.82, 2.24) is 9.80 Å². The van der Waals surface area contributed by atoms with Crippen molar-refractivity contribution in [1.29, 1.82) is 0 Å². The predicted octanol–water partition coefficient (Wildman–Crippen LogP) is 1.11. The number of ether oxygens (including phenoxy) is 3. The molecule has 9 nitrogen and oxygen atoms in total. The number of carbonyl (C=O) groups excluding carboxylic acids is 4. The minimum absolute atomic E-state index is 0.151. The van der Waals surface area contributed by atoms with E-state index in [9.17, 15) is 19.2 Å². The second-order valence-corrected chi connectivity index (χ2v) is 7.14. The molecule has 2 aliphatic heterocycles. The summed E-state index contributed by atoms with van der Waals surface area (Å²) < 4.78 is 15.5. The Labute approximate surface area is 174 Å². The van der Waals surface area contributed by atoms with E-state index in [-0.39, 0.29) is 61.5 Å². The van der Waals surface area contributed by atoms with Gasteiger partial charge in [0, 0.05) is 25.8 Å². The number of benzene rings is 1. The first-order valence-electron chi connectivity index (χ1n) is 10.0. The first kappa shape index (κ1) is 21.9. The highest BCUT2D eigenvalue weighted by atomic mass is 16.5. The van der Waals surface area contributed by atoms with Crippen LogP contribution in [0.4, 0.5) is 0 Å². The van der Waals surface area contributed by atoms with Crippen molar-refractivity contribution in [2.24, 2.45) is 0 Å². The lowest BCUT2D eigenvalue weighted by molar-refractivity contribution is -0.143. The summed E-state index contributed by atoms with van der Waals surface area (Å²) in [5, 5.41) is 0. The number of hydrogen-bond donors (Lipinski definition) is 0. The molecule has 3 amide bonds. The average molecular weight is 418 g/mol. The van der Waals surface area contributed by atoms with E-state index in [1.54, 1.807) is 6.92 Å². The van der Waals surface area contributed by atoms with Crippen LogP contribution in [-0.2, 0) is 19.0 Å². The topological polar surface area (TPSA) is 102 Å². The summed E-state index contributed by atoms with van der Waals surface area (Å²) >= 11 is 0. The van der Waals surface area contributed by atoms with Crippen LogP contribution in [0.5, 0.6) is 0 Å². The number of fused-ring (bicyclic) bond motifs is 1. The summed E-state index contributed by atoms with van der Waals surface area (Å²) in [7, 11) is 1.50. The predicted molar refractivity (Wildman–Crippen MR) is 105 cm³/mol. The number of nitrogens with zero attached hydrogens (tertiary/aromatic N) is 2. The molecule has 2 heterocycles. The molecular formula is C21H26N2O7. The van der Waals surface area contributed by atoms with E-state index < -0.39 is 17.8 Å². The highest BCUT2D eigenvalue weighted by Crippen LogP contribution is 2.26. The Balaban J connectivity index is 1.78. The lowest BCUT2D eigenvalue weighted by atomic mass is 10.0. The minimum atomic E-state index is -0.530. The molecule has 162 valence electrons. The molecule has 1 aromatic rings. The minimum Gasteiger partial charge on any atom is -0.465 e. The van der Waals surface area contributed by atoms with Crippen molar-refractivity contribution in [2.75, 3.05) is 46.6 Å². The van der Waals surface area contributed by atoms with Crippen molar-refractivity contribution in [3.8, 4) is 0 Å². The van der Waals surface area contributed by atoms with Crippen LogP contribution in [0.25, 0.3) is 0 Å². The molecule has 1 unspecified atom stereocenters. The van der Waals surface area contributed by atoms with Crippen molar-refractivity contribution >= 4 is 23.7 Å². The molecule has 0 radical (unpaired) electrons. The van der Waals surface area contributed by atoms with Crippen LogP contribution in [0.15, 0.2) is 18.2 Å². The summed E-state index contributed by atoms with van der Waals surface area (Å²) in [6.45, 7) is 2.92. The van der Waals surface area contributed by atoms with Gasteiger partial charge in [-0.2, -0.15) is 0 Å². The molecule has 9 heteroatoms. The first-order chi connectivity index (χ1) is 14.5. The number of carbonyl (C=O) groups is 4. The quantitative estimate of drug-likeness (QED) is 0.437. The van der Waals surface area contributed by atoms with Gasteiger partial charge in [-0.05, 0) is 38.0 Å². The van der Waals surface area contributed by atoms with Crippen molar-refractivity contribution in [2.45, 2.75) is 25.9 Å². The molecule has 1 saturated heterocycles. The maximum absolute atomic E-state index is 13.0. The lowest BCUT2D eigenvalue weighted by Crippen LogP contribution is -2.38. The fraction of sp³-hybridized carbons (Fsp3) is 0.524. The maximum Gasteiger partial charge on any atom is 0.325 e. The smallest absolute Gasteiger partial charge is 0.325 e. The van der Waals surface area contributed by atoms with E-state index in [0.717, 1.165) is 12.8 Å². The van der Waals surface area contributed by atoms with Crippen LogP contribution in [0, 0.1) is 0 Å². The summed E-state index contributed by atoms with van der Waals surface area (Å²) in [4.78, 5) is 52.8. The summed E-state index contributed by atoms with van der Waals surface area (Å²) in [6, 6.07) is 4.39. The number of rotatable bonds is 9. The lowest BCUT2D eigenvalue weighted by Gasteiger charge is -2.21. The van der Waals surface area contributed by atoms with Gasteiger partial charge < -0.3 is 19.1 Å². The molecule has 0 bridgehead atoms. The van der Waals surface area contributed by atoms with E-state index in [2.05, 4.69) is 0 Å². The highest BCUT2D eigenvalue weighted by Gasteiger charge is 2.38. The van der Waals surface area contributed by atoms with Gasteiger partial charge in [0.1, 0.15) is 6.54 Å². The van der Waals surface area contributed by atoms with Crippen LogP contribution in [0.1, 0.15) is 50.8 Å². The third-order valence-corrected chi connectivity index (χ3v) is 5.11. The number of methoxy groups -OCH3 is 1. The number of hydrogen-bond acceptors (Lipinski definition) is 7. The fourth-order valence-corrected chi connectivity index (χ4v) is 3.58. The molecule has 3 rings (SSSR count). The van der Waals surface area contributed by atoms with E-state index in [0.29, 0.717) is 6.61 Å². The van der Waals surface area contributed by atoms with Gasteiger partial charge in [0.15, 0.2) is 0 Å². The molecule has 0 N–H and O–H groups in total. The van der Waals surface area contributed by atoms with E-state index >= 15 is 0 Å². The van der Waals surface area contributed by atoms with Crippen LogP contribution < -0.4 is 0 Å². The highest BCUT2D eigenvalue weighted by molar-refractivity contribution is 6.22. The molecule has 1 aromatic carbocycles. The Bertz CT molecular complexity index is 833. The van der Waals surface area contributed by atoms with Gasteiger partial charge in [-0.1, -0.05) is 0 Å². The first-order valence-corrected chi connectivity index (χ1v) is 10.0. The third kappa shape index (κ3) is 4.68. The molecular weight excluding hydrogens is 392 g/mol. The molecule has 1 fully saturated rings. The summed E-state index contributed by atoms with van der Waals surface area (Å²) in [5.74, 6) is -1.79. The van der Waals surface area contributed by atoms with Gasteiger partial charge >= 0.3 is 5.97 Å². The van der Waals surface area contributed by atoms with Crippen LogP contribution in [-0.4, -0.2) is 86.2 Å². The van der Waals surface area contributed by atoms with Crippen LogP contribution in [0.2, 0.25) is 0 Å². The zero-order chi connectivity index (χ0) is 21.7. The van der Waals surface area contributed by atoms with E-state index in [1.807, 2.05) is 0 Å². The van der Waals surface area contributed by atoms with Gasteiger partial charge in [-0.15, -0.1) is 0 Å². The largest absolute Gasteiger partial charge is 0.465 e. The van der Waals surface area contributed by atoms with Gasteiger partial charge in [0.05, 0.1) is 37.0 Å². The Morgan fingerprint density at radius 1 is 1.23 bits per heavy atom. The van der Waals surface area contributed by atoms with Gasteiger partial charge in [0.25, 0.3) is 17.7 Å². The Hall–Kier alpha value is -2.78. The summed E-state index contributed by atoms with van der Waals surface area (Å²) in [5.41, 5.74) is 0.671. The van der Waals surface area contributed by atoms with E-state index in [4.69, 9.17) is 14.2 Å². The maximum atomic E-state index is 13.0. The standard InChI is InChI=1S/C21H26N2O7/c1-3-29-18(24)13-22(8-10-28-2)19(25)14-6-7-16-17(11-14)21(27)23(20(16)26)12-15-5-4-9-30-15/h6-7,11,15H,3-5,8-10,12-13H2,1-2H3. The van der Waals surface area contributed by atoms with Gasteiger partial charge in [-0.25, -0.2) is 0 Å². The van der Waals surface area contributed by atoms with Gasteiger partial charge in [0.2, 0.25) is 0 Å². The molecule has 1 atom stereocenters. The second-order valence-electron chi connectivity index (χ2n) is 7.14. The molecule has 0 aromatic heterocycles. The zero-order valence-corrected chi connectivity index (χ0v) is 17.2. The Morgan fingerprint density at radius 2 is 2.00 bits per heavy atom. The van der Waals surface area contributed by atoms with Crippen molar-refractivity contribution in [3.63, 3.8) is 0 Å². The number of esters is 1. The monoisotopic (exact) mass is 418 g/mol. The Kier molecular flexibility index (Phi) is 7.17. The van der Waals surface area contributed by atoms with Crippen LogP contribution >= 0.6 is 0 Å². The molecule has 0 aliphatic carbocycles. The average Bonchev–Trinajstić information content (AvgIpc) is 3.33. The Morgan fingerprint density at radius 3 is 2.67 bits per heavy atom. The molecule has 0 saturated carbocycles. The molecule has 2 aliphatic rings. The summed E-state index contributed by atoms with van der Waals surface area (Å²) in [6.07, 6.45) is 1.56. The second kappa shape index (κ2) is 9.82. The molecule has 30 heavy (non-hydrogen) atoms. The zero-order valence-electron chi connectivity index (χ0n) is 17.2. The van der Waals surface area contributed by atoms with Gasteiger partial charge in [-0.3, -0.25) is 24.1 Å². The normalized spacial score (nSPS) is 17.9. The SMILES string of the molecule is CCOC(=O)CN(CCOC)C(=O)c1ccc2c(c1)C(=O)N(CC1CCCO1)C2=O. The third-order valence-electron chi connectivity index (χ3n) is 5.11. The fourth-order valence-electron chi connectivity index (χ4n) is 3.58.